The minimum atomic E-state index is -0.537. The summed E-state index contributed by atoms with van der Waals surface area (Å²) in [5.41, 5.74) is 1.41. The van der Waals surface area contributed by atoms with E-state index < -0.39 is 17.8 Å². The van der Waals surface area contributed by atoms with Crippen molar-refractivity contribution < 1.29 is 23.5 Å². The van der Waals surface area contributed by atoms with Crippen molar-refractivity contribution in [2.24, 2.45) is 0 Å². The number of carbonyl (C=O) groups excluding carboxylic acids is 2. The van der Waals surface area contributed by atoms with Crippen LogP contribution in [0, 0.1) is 5.82 Å². The quantitative estimate of drug-likeness (QED) is 0.691. The first-order chi connectivity index (χ1) is 12.4. The van der Waals surface area contributed by atoms with Crippen molar-refractivity contribution in [2.75, 3.05) is 14.2 Å². The Kier molecular flexibility index (Phi) is 7.15. The molecule has 0 bridgehead atoms. The van der Waals surface area contributed by atoms with Gasteiger partial charge < -0.3 is 14.8 Å². The van der Waals surface area contributed by atoms with Gasteiger partial charge in [-0.1, -0.05) is 18.2 Å². The van der Waals surface area contributed by atoms with Crippen molar-refractivity contribution in [2.45, 2.75) is 18.9 Å². The lowest BCUT2D eigenvalue weighted by Crippen LogP contribution is -2.31. The van der Waals surface area contributed by atoms with E-state index in [9.17, 15) is 14.0 Å². The summed E-state index contributed by atoms with van der Waals surface area (Å²) >= 11 is 3.10. The van der Waals surface area contributed by atoms with Crippen LogP contribution in [0.4, 0.5) is 4.39 Å². The molecule has 26 heavy (non-hydrogen) atoms. The average Bonchev–Trinajstić information content (AvgIpc) is 2.64. The molecule has 0 fully saturated rings. The van der Waals surface area contributed by atoms with E-state index in [-0.39, 0.29) is 18.7 Å². The predicted molar refractivity (Wildman–Crippen MR) is 98.3 cm³/mol. The van der Waals surface area contributed by atoms with E-state index in [0.717, 1.165) is 5.56 Å². The molecule has 0 heterocycles. The highest BCUT2D eigenvalue weighted by atomic mass is 79.9. The fourth-order valence-corrected chi connectivity index (χ4v) is 2.84. The van der Waals surface area contributed by atoms with Crippen molar-refractivity contribution in [3.05, 3.63) is 63.9 Å². The van der Waals surface area contributed by atoms with E-state index >= 15 is 0 Å². The first-order valence-electron chi connectivity index (χ1n) is 7.87. The lowest BCUT2D eigenvalue weighted by molar-refractivity contribution is -0.141. The number of halogens is 2. The van der Waals surface area contributed by atoms with Gasteiger partial charge in [0.1, 0.15) is 11.6 Å². The summed E-state index contributed by atoms with van der Waals surface area (Å²) in [6.45, 7) is 0. The number of benzene rings is 2. The Labute approximate surface area is 159 Å². The number of amides is 1. The summed E-state index contributed by atoms with van der Waals surface area (Å²) in [5, 5.41) is 2.83. The minimum Gasteiger partial charge on any atom is -0.497 e. The molecule has 0 aromatic heterocycles. The van der Waals surface area contributed by atoms with Gasteiger partial charge in [-0.2, -0.15) is 0 Å². The minimum absolute atomic E-state index is 0.00167. The molecule has 1 N–H and O–H groups in total. The van der Waals surface area contributed by atoms with Crippen LogP contribution in [0.5, 0.6) is 5.75 Å². The smallest absolute Gasteiger partial charge is 0.307 e. The highest BCUT2D eigenvalue weighted by molar-refractivity contribution is 9.10. The molecule has 0 aliphatic carbocycles. The Morgan fingerprint density at radius 1 is 1.15 bits per heavy atom. The fourth-order valence-electron chi connectivity index (χ4n) is 2.42. The molecule has 0 aliphatic heterocycles. The summed E-state index contributed by atoms with van der Waals surface area (Å²) < 4.78 is 23.4. The van der Waals surface area contributed by atoms with Crippen LogP contribution in [-0.4, -0.2) is 26.1 Å². The van der Waals surface area contributed by atoms with Crippen molar-refractivity contribution in [3.8, 4) is 5.75 Å². The third-order valence-corrected chi connectivity index (χ3v) is 4.41. The molecule has 0 saturated heterocycles. The first kappa shape index (κ1) is 19.9. The maximum atomic E-state index is 13.3. The number of nitrogens with one attached hydrogen (secondary N) is 1. The monoisotopic (exact) mass is 423 g/mol. The summed E-state index contributed by atoms with van der Waals surface area (Å²) in [7, 11) is 2.86. The topological polar surface area (TPSA) is 64.6 Å². The van der Waals surface area contributed by atoms with Gasteiger partial charge in [0.05, 0.1) is 37.6 Å². The van der Waals surface area contributed by atoms with Gasteiger partial charge in [0.15, 0.2) is 0 Å². The number of methoxy groups -OCH3 is 2. The Morgan fingerprint density at radius 3 is 2.42 bits per heavy atom. The number of rotatable bonds is 7. The highest BCUT2D eigenvalue weighted by Crippen LogP contribution is 2.22. The SMILES string of the molecule is COC(=O)CC(NC(=O)Cc1ccc(F)c(Br)c1)c1ccc(OC)cc1. The standard InChI is InChI=1S/C19H19BrFNO4/c1-25-14-6-4-13(5-7-14)17(11-19(24)26-2)22-18(23)10-12-3-8-16(21)15(20)9-12/h3-9,17H,10-11H2,1-2H3,(H,22,23). The van der Waals surface area contributed by atoms with Crippen LogP contribution in [-0.2, 0) is 20.7 Å². The summed E-state index contributed by atoms with van der Waals surface area (Å²) in [6, 6.07) is 10.9. The fraction of sp³-hybridized carbons (Fsp3) is 0.263. The van der Waals surface area contributed by atoms with E-state index in [1.807, 2.05) is 0 Å². The zero-order valence-corrected chi connectivity index (χ0v) is 16.0. The van der Waals surface area contributed by atoms with Gasteiger partial charge in [0.2, 0.25) is 5.91 Å². The van der Waals surface area contributed by atoms with Crippen LogP contribution in [0.1, 0.15) is 23.6 Å². The number of ether oxygens (including phenoxy) is 2. The Morgan fingerprint density at radius 2 is 1.85 bits per heavy atom. The number of carbonyl (C=O) groups is 2. The Balaban J connectivity index is 2.12. The molecular weight excluding hydrogens is 405 g/mol. The molecule has 138 valence electrons. The highest BCUT2D eigenvalue weighted by Gasteiger charge is 2.19. The van der Waals surface area contributed by atoms with E-state index in [1.54, 1.807) is 43.5 Å². The number of hydrogen-bond acceptors (Lipinski definition) is 4. The van der Waals surface area contributed by atoms with Crippen molar-refractivity contribution in [1.82, 2.24) is 5.32 Å². The molecule has 0 saturated carbocycles. The maximum absolute atomic E-state index is 13.3. The van der Waals surface area contributed by atoms with Gasteiger partial charge in [-0.15, -0.1) is 0 Å². The molecule has 1 amide bonds. The van der Waals surface area contributed by atoms with Crippen LogP contribution in [0.25, 0.3) is 0 Å². The summed E-state index contributed by atoms with van der Waals surface area (Å²) in [6.07, 6.45) is 0.0639. The second kappa shape index (κ2) is 9.33. The Hall–Kier alpha value is -2.41. The van der Waals surface area contributed by atoms with Crippen molar-refractivity contribution in [3.63, 3.8) is 0 Å². The molecule has 0 radical (unpaired) electrons. The molecule has 0 spiro atoms. The second-order valence-corrected chi connectivity index (χ2v) is 6.45. The second-order valence-electron chi connectivity index (χ2n) is 5.60. The third kappa shape index (κ3) is 5.56. The van der Waals surface area contributed by atoms with E-state index in [0.29, 0.717) is 15.8 Å². The maximum Gasteiger partial charge on any atom is 0.307 e. The summed E-state index contributed by atoms with van der Waals surface area (Å²) in [5.74, 6) is -0.437. The van der Waals surface area contributed by atoms with Crippen LogP contribution >= 0.6 is 15.9 Å². The van der Waals surface area contributed by atoms with Crippen LogP contribution < -0.4 is 10.1 Å². The van der Waals surface area contributed by atoms with E-state index in [1.165, 1.54) is 13.2 Å². The average molecular weight is 424 g/mol. The largest absolute Gasteiger partial charge is 0.497 e. The zero-order valence-electron chi connectivity index (χ0n) is 14.4. The lowest BCUT2D eigenvalue weighted by atomic mass is 10.0. The first-order valence-corrected chi connectivity index (χ1v) is 8.66. The van der Waals surface area contributed by atoms with Gasteiger partial charge in [-0.3, -0.25) is 9.59 Å². The van der Waals surface area contributed by atoms with Crippen molar-refractivity contribution >= 4 is 27.8 Å². The van der Waals surface area contributed by atoms with E-state index in [2.05, 4.69) is 21.2 Å². The van der Waals surface area contributed by atoms with Gasteiger partial charge >= 0.3 is 5.97 Å². The molecule has 5 nitrogen and oxygen atoms in total. The van der Waals surface area contributed by atoms with Gasteiger partial charge in [-0.05, 0) is 51.3 Å². The molecule has 7 heteroatoms. The normalized spacial score (nSPS) is 11.5. The molecule has 2 aromatic carbocycles. The zero-order chi connectivity index (χ0) is 19.1. The number of hydrogen-bond donors (Lipinski definition) is 1. The van der Waals surface area contributed by atoms with Gasteiger partial charge in [0, 0.05) is 0 Å². The third-order valence-electron chi connectivity index (χ3n) is 3.80. The van der Waals surface area contributed by atoms with Crippen LogP contribution in [0.15, 0.2) is 46.9 Å². The van der Waals surface area contributed by atoms with Crippen molar-refractivity contribution in [1.29, 1.82) is 0 Å². The van der Waals surface area contributed by atoms with Crippen LogP contribution in [0.3, 0.4) is 0 Å². The van der Waals surface area contributed by atoms with Crippen LogP contribution in [0.2, 0.25) is 0 Å². The predicted octanol–water partition coefficient (Wildman–Crippen LogP) is 3.56. The molecular formula is C19H19BrFNO4. The molecule has 0 aliphatic rings. The van der Waals surface area contributed by atoms with E-state index in [4.69, 9.17) is 9.47 Å². The van der Waals surface area contributed by atoms with Gasteiger partial charge in [-0.25, -0.2) is 4.39 Å². The Bertz CT molecular complexity index is 780. The molecule has 1 unspecified atom stereocenters. The van der Waals surface area contributed by atoms with Gasteiger partial charge in [0.25, 0.3) is 0 Å². The lowest BCUT2D eigenvalue weighted by Gasteiger charge is -2.18. The number of esters is 1. The molecule has 1 atom stereocenters. The molecule has 2 aromatic rings. The summed E-state index contributed by atoms with van der Waals surface area (Å²) in [4.78, 5) is 24.1. The molecule has 2 rings (SSSR count).